The van der Waals surface area contributed by atoms with Crippen LogP contribution in [0, 0.1) is 0 Å². The summed E-state index contributed by atoms with van der Waals surface area (Å²) >= 11 is 1.91. The molecule has 0 bridgehead atoms. The molecule has 0 aromatic carbocycles. The fourth-order valence-electron chi connectivity index (χ4n) is 3.23. The number of likely N-dealkylation sites (N-methyl/N-ethyl adjacent to an activating group) is 2. The number of hydrogen-bond acceptors (Lipinski definition) is 5. The average Bonchev–Trinajstić information content (AvgIpc) is 2.83. The van der Waals surface area contributed by atoms with Crippen molar-refractivity contribution in [1.29, 1.82) is 0 Å². The molecule has 0 amide bonds. The normalized spacial score (nSPS) is 19.6. The van der Waals surface area contributed by atoms with E-state index in [0.29, 0.717) is 12.1 Å². The van der Waals surface area contributed by atoms with E-state index >= 15 is 0 Å². The highest BCUT2D eigenvalue weighted by atomic mass is 32.1. The first kappa shape index (κ1) is 16.7. The Kier molecular flexibility index (Phi) is 6.02. The van der Waals surface area contributed by atoms with Crippen molar-refractivity contribution in [2.75, 3.05) is 38.6 Å². The van der Waals surface area contributed by atoms with Crippen LogP contribution in [-0.2, 0) is 6.42 Å². The molecule has 120 valence electrons. The zero-order valence-corrected chi connectivity index (χ0v) is 15.0. The van der Waals surface area contributed by atoms with Gasteiger partial charge < -0.3 is 15.1 Å². The van der Waals surface area contributed by atoms with Gasteiger partial charge in [0.05, 0.1) is 5.69 Å². The van der Waals surface area contributed by atoms with E-state index in [1.165, 1.54) is 28.5 Å². The molecule has 0 radical (unpaired) electrons. The van der Waals surface area contributed by atoms with Crippen LogP contribution < -0.4 is 10.2 Å². The minimum Gasteiger partial charge on any atom is -0.344 e. The number of nitrogens with zero attached hydrogens (tertiary/aromatic N) is 3. The Labute approximate surface area is 133 Å². The van der Waals surface area contributed by atoms with Crippen LogP contribution in [0.1, 0.15) is 50.2 Å². The molecule has 0 saturated heterocycles. The van der Waals surface area contributed by atoms with Gasteiger partial charge >= 0.3 is 0 Å². The second-order valence-corrected chi connectivity index (χ2v) is 7.22. The van der Waals surface area contributed by atoms with Crippen molar-refractivity contribution in [3.63, 3.8) is 0 Å². The third-order valence-electron chi connectivity index (χ3n) is 4.14. The molecule has 0 aliphatic heterocycles. The Hall–Kier alpha value is -0.650. The summed E-state index contributed by atoms with van der Waals surface area (Å²) in [6.07, 6.45) is 3.66. The van der Waals surface area contributed by atoms with Crippen LogP contribution in [-0.4, -0.2) is 49.7 Å². The molecule has 0 saturated carbocycles. The van der Waals surface area contributed by atoms with Crippen LogP contribution >= 0.6 is 11.3 Å². The molecule has 1 N–H and O–H groups in total. The average molecular weight is 311 g/mol. The number of fused-ring (bicyclic) bond motifs is 1. The van der Waals surface area contributed by atoms with Gasteiger partial charge in [-0.3, -0.25) is 0 Å². The Morgan fingerprint density at radius 3 is 2.76 bits per heavy atom. The number of nitrogens with one attached hydrogen (secondary N) is 1. The fourth-order valence-corrected chi connectivity index (χ4v) is 4.62. The maximum atomic E-state index is 4.97. The number of rotatable bonds is 7. The van der Waals surface area contributed by atoms with Crippen LogP contribution in [0.3, 0.4) is 0 Å². The van der Waals surface area contributed by atoms with Crippen molar-refractivity contribution in [2.24, 2.45) is 0 Å². The highest BCUT2D eigenvalue weighted by molar-refractivity contribution is 7.15. The first-order valence-corrected chi connectivity index (χ1v) is 9.02. The van der Waals surface area contributed by atoms with E-state index in [4.69, 9.17) is 4.98 Å². The maximum Gasteiger partial charge on any atom is 0.186 e. The van der Waals surface area contributed by atoms with Crippen molar-refractivity contribution in [3.8, 4) is 0 Å². The maximum absolute atomic E-state index is 4.97. The Bertz CT molecular complexity index is 443. The van der Waals surface area contributed by atoms with E-state index in [-0.39, 0.29) is 0 Å². The van der Waals surface area contributed by atoms with Gasteiger partial charge in [0.25, 0.3) is 0 Å². The smallest absolute Gasteiger partial charge is 0.186 e. The second-order valence-electron chi connectivity index (χ2n) is 6.21. The summed E-state index contributed by atoms with van der Waals surface area (Å²) < 4.78 is 0. The lowest BCUT2D eigenvalue weighted by Gasteiger charge is -2.29. The molecule has 1 heterocycles. The molecule has 1 aromatic heterocycles. The zero-order valence-electron chi connectivity index (χ0n) is 14.1. The molecule has 4 nitrogen and oxygen atoms in total. The lowest BCUT2D eigenvalue weighted by molar-refractivity contribution is 0.373. The fraction of sp³-hybridized carbons (Fsp3) is 0.812. The standard InChI is InChI=1S/C16H30N4S/c1-6-17-13-9-8-10-14-15(13)21-16(18-14)20(7-2)12(3)11-19(4)5/h12-13,17H,6-11H2,1-5H3. The van der Waals surface area contributed by atoms with Gasteiger partial charge in [0, 0.05) is 30.1 Å². The molecule has 1 aromatic rings. The number of anilines is 1. The van der Waals surface area contributed by atoms with E-state index in [9.17, 15) is 0 Å². The highest BCUT2D eigenvalue weighted by Crippen LogP contribution is 2.38. The quantitative estimate of drug-likeness (QED) is 0.839. The van der Waals surface area contributed by atoms with Gasteiger partial charge in [0.2, 0.25) is 0 Å². The largest absolute Gasteiger partial charge is 0.344 e. The molecule has 0 spiro atoms. The van der Waals surface area contributed by atoms with Gasteiger partial charge in [-0.05, 0) is 53.8 Å². The SMILES string of the molecule is CCNC1CCCc2nc(N(CC)C(C)CN(C)C)sc21. The second kappa shape index (κ2) is 7.56. The Morgan fingerprint density at radius 2 is 2.14 bits per heavy atom. The van der Waals surface area contributed by atoms with Crippen molar-refractivity contribution >= 4 is 16.5 Å². The monoisotopic (exact) mass is 310 g/mol. The lowest BCUT2D eigenvalue weighted by Crippen LogP contribution is -2.40. The summed E-state index contributed by atoms with van der Waals surface area (Å²) in [4.78, 5) is 11.2. The van der Waals surface area contributed by atoms with Gasteiger partial charge in [-0.25, -0.2) is 4.98 Å². The van der Waals surface area contributed by atoms with E-state index < -0.39 is 0 Å². The Morgan fingerprint density at radius 1 is 1.38 bits per heavy atom. The molecular formula is C16H30N4S. The summed E-state index contributed by atoms with van der Waals surface area (Å²) in [6.45, 7) is 9.83. The van der Waals surface area contributed by atoms with E-state index in [0.717, 1.165) is 26.1 Å². The third-order valence-corrected chi connectivity index (χ3v) is 5.39. The molecular weight excluding hydrogens is 280 g/mol. The molecule has 2 unspecified atom stereocenters. The minimum atomic E-state index is 0.496. The molecule has 5 heteroatoms. The Balaban J connectivity index is 2.19. The number of thiazole rings is 1. The summed E-state index contributed by atoms with van der Waals surface area (Å²) in [7, 11) is 4.27. The first-order chi connectivity index (χ1) is 10.1. The minimum absolute atomic E-state index is 0.496. The highest BCUT2D eigenvalue weighted by Gasteiger charge is 2.26. The molecule has 2 rings (SSSR count). The molecule has 1 aliphatic rings. The van der Waals surface area contributed by atoms with Crippen molar-refractivity contribution < 1.29 is 0 Å². The van der Waals surface area contributed by atoms with Crippen LogP contribution in [0.4, 0.5) is 5.13 Å². The summed E-state index contributed by atoms with van der Waals surface area (Å²) in [5.41, 5.74) is 1.34. The zero-order chi connectivity index (χ0) is 15.4. The molecule has 2 atom stereocenters. The predicted molar refractivity (Wildman–Crippen MR) is 92.5 cm³/mol. The van der Waals surface area contributed by atoms with Crippen LogP contribution in [0.25, 0.3) is 0 Å². The predicted octanol–water partition coefficient (Wildman–Crippen LogP) is 2.91. The number of hydrogen-bond donors (Lipinski definition) is 1. The topological polar surface area (TPSA) is 31.4 Å². The van der Waals surface area contributed by atoms with Crippen molar-refractivity contribution in [2.45, 2.75) is 52.1 Å². The van der Waals surface area contributed by atoms with Crippen LogP contribution in [0.15, 0.2) is 0 Å². The van der Waals surface area contributed by atoms with Gasteiger partial charge in [0.1, 0.15) is 0 Å². The van der Waals surface area contributed by atoms with Crippen molar-refractivity contribution in [3.05, 3.63) is 10.6 Å². The summed E-state index contributed by atoms with van der Waals surface area (Å²) in [5.74, 6) is 0. The summed E-state index contributed by atoms with van der Waals surface area (Å²) in [6, 6.07) is 1.02. The van der Waals surface area contributed by atoms with Gasteiger partial charge in [0.15, 0.2) is 5.13 Å². The first-order valence-electron chi connectivity index (χ1n) is 8.21. The molecule has 21 heavy (non-hydrogen) atoms. The van der Waals surface area contributed by atoms with E-state index in [1.807, 2.05) is 11.3 Å². The van der Waals surface area contributed by atoms with Crippen LogP contribution in [0.5, 0.6) is 0 Å². The van der Waals surface area contributed by atoms with Gasteiger partial charge in [-0.1, -0.05) is 18.3 Å². The van der Waals surface area contributed by atoms with Crippen LogP contribution in [0.2, 0.25) is 0 Å². The molecule has 0 fully saturated rings. The lowest BCUT2D eigenvalue weighted by atomic mass is 9.98. The number of aryl methyl sites for hydroxylation is 1. The van der Waals surface area contributed by atoms with E-state index in [2.05, 4.69) is 50.0 Å². The summed E-state index contributed by atoms with van der Waals surface area (Å²) in [5, 5.41) is 4.83. The van der Waals surface area contributed by atoms with E-state index in [1.54, 1.807) is 0 Å². The third kappa shape index (κ3) is 3.96. The number of aromatic nitrogens is 1. The molecule has 1 aliphatic carbocycles. The van der Waals surface area contributed by atoms with Gasteiger partial charge in [-0.2, -0.15) is 0 Å². The van der Waals surface area contributed by atoms with Gasteiger partial charge in [-0.15, -0.1) is 0 Å². The van der Waals surface area contributed by atoms with Crippen molar-refractivity contribution in [1.82, 2.24) is 15.2 Å².